The minimum atomic E-state index is -0.272. The van der Waals surface area contributed by atoms with Gasteiger partial charge < -0.3 is 25.2 Å². The van der Waals surface area contributed by atoms with Crippen molar-refractivity contribution >= 4 is 23.5 Å². The van der Waals surface area contributed by atoms with E-state index in [0.717, 1.165) is 48.8 Å². The van der Waals surface area contributed by atoms with Crippen LogP contribution in [0.5, 0.6) is 11.5 Å². The van der Waals surface area contributed by atoms with E-state index in [0.29, 0.717) is 35.7 Å². The molecule has 0 saturated carbocycles. The van der Waals surface area contributed by atoms with Crippen LogP contribution in [0.1, 0.15) is 32.3 Å². The maximum atomic E-state index is 11.7. The fraction of sp³-hybridized carbons (Fsp3) is 0.364. The number of nitrogens with one attached hydrogen (secondary N) is 2. The quantitative estimate of drug-likeness (QED) is 0.392. The molecule has 0 radical (unpaired) electrons. The van der Waals surface area contributed by atoms with Crippen LogP contribution in [-0.4, -0.2) is 72.8 Å². The van der Waals surface area contributed by atoms with Gasteiger partial charge in [-0.2, -0.15) is 4.99 Å². The molecular weight excluding hydrogens is 526 g/mol. The van der Waals surface area contributed by atoms with Gasteiger partial charge in [-0.25, -0.2) is 4.99 Å². The lowest BCUT2D eigenvalue weighted by Gasteiger charge is -2.40. The molecule has 0 unspecified atom stereocenters. The van der Waals surface area contributed by atoms with Gasteiger partial charge in [0.25, 0.3) is 0 Å². The first-order chi connectivity index (χ1) is 20.2. The molecule has 2 N–H and O–H groups in total. The number of amides is 1. The minimum absolute atomic E-state index is 0.272. The first-order valence-corrected chi connectivity index (χ1v) is 14.4. The van der Waals surface area contributed by atoms with E-state index < -0.39 is 0 Å². The molecule has 42 heavy (non-hydrogen) atoms. The zero-order chi connectivity index (χ0) is 30.2. The molecule has 0 spiro atoms. The number of guanidine groups is 2. The summed E-state index contributed by atoms with van der Waals surface area (Å²) < 4.78 is 6.10. The smallest absolute Gasteiger partial charge is 0.247 e. The number of piperidine rings is 1. The Balaban J connectivity index is 1.56. The Kier molecular flexibility index (Phi) is 10.2. The standard InChI is InChI=1S/C33H43N7O2/c1-8-29(23(3)4)31-36-33(40-18-16-26(17-19-40)38(5)6)37-32(39(31)7)34-22-24-12-10-14-27(20-24)42-28-15-11-13-25(21-28)35-30(41)9-2/h8-15,20-21,23,26H,1-2,16-19,22H2,3-7H3,(H,35,41)(H,34,36,37)/b31-29+. The van der Waals surface area contributed by atoms with Gasteiger partial charge in [-0.1, -0.05) is 51.3 Å². The summed E-state index contributed by atoms with van der Waals surface area (Å²) in [6.07, 6.45) is 5.33. The van der Waals surface area contributed by atoms with Crippen molar-refractivity contribution in [1.82, 2.24) is 20.0 Å². The van der Waals surface area contributed by atoms with Crippen LogP contribution in [0.3, 0.4) is 0 Å². The second-order valence-corrected chi connectivity index (χ2v) is 11.1. The van der Waals surface area contributed by atoms with Crippen LogP contribution in [0.25, 0.3) is 0 Å². The SMILES string of the molecule is C=CC(=O)Nc1cccc(Oc2cccc(CN=C3N=C(N4CCC(N(C)C)CC4)N/C(=C(/C=C)C(C)C)N3C)c2)c1. The molecule has 0 aliphatic carbocycles. The Morgan fingerprint density at radius 3 is 2.48 bits per heavy atom. The van der Waals surface area contributed by atoms with Crippen LogP contribution in [0.4, 0.5) is 5.69 Å². The molecule has 2 heterocycles. The molecule has 2 aliphatic rings. The van der Waals surface area contributed by atoms with Gasteiger partial charge in [-0.15, -0.1) is 0 Å². The zero-order valence-electron chi connectivity index (χ0n) is 25.4. The van der Waals surface area contributed by atoms with Crippen molar-refractivity contribution in [1.29, 1.82) is 0 Å². The predicted octanol–water partition coefficient (Wildman–Crippen LogP) is 5.43. The first kappa shape index (κ1) is 30.6. The van der Waals surface area contributed by atoms with Crippen molar-refractivity contribution < 1.29 is 9.53 Å². The summed E-state index contributed by atoms with van der Waals surface area (Å²) in [6, 6.07) is 15.7. The van der Waals surface area contributed by atoms with Gasteiger partial charge in [-0.05, 0) is 74.3 Å². The monoisotopic (exact) mass is 569 g/mol. The summed E-state index contributed by atoms with van der Waals surface area (Å²) in [5, 5.41) is 6.35. The van der Waals surface area contributed by atoms with E-state index >= 15 is 0 Å². The highest BCUT2D eigenvalue weighted by molar-refractivity contribution is 5.99. The third kappa shape index (κ3) is 7.67. The van der Waals surface area contributed by atoms with Gasteiger partial charge in [0.05, 0.1) is 6.54 Å². The second-order valence-electron chi connectivity index (χ2n) is 11.1. The highest BCUT2D eigenvalue weighted by Gasteiger charge is 2.29. The molecule has 1 amide bonds. The average Bonchev–Trinajstić information content (AvgIpc) is 2.98. The molecule has 0 bridgehead atoms. The van der Waals surface area contributed by atoms with Crippen LogP contribution < -0.4 is 15.4 Å². The summed E-state index contributed by atoms with van der Waals surface area (Å²) in [5.74, 6) is 3.74. The van der Waals surface area contributed by atoms with Gasteiger partial charge in [0.1, 0.15) is 17.3 Å². The number of ether oxygens (including phenoxy) is 1. The molecule has 1 fully saturated rings. The lowest BCUT2D eigenvalue weighted by Crippen LogP contribution is -2.53. The van der Waals surface area contributed by atoms with Crippen molar-refractivity contribution in [3.63, 3.8) is 0 Å². The lowest BCUT2D eigenvalue weighted by atomic mass is 10.0. The molecule has 0 atom stereocenters. The third-order valence-corrected chi connectivity index (χ3v) is 7.51. The molecule has 4 rings (SSSR count). The van der Waals surface area contributed by atoms with Crippen LogP contribution in [0.2, 0.25) is 0 Å². The highest BCUT2D eigenvalue weighted by atomic mass is 16.5. The normalized spacial score (nSPS) is 18.1. The van der Waals surface area contributed by atoms with E-state index in [1.54, 1.807) is 12.1 Å². The number of hydrogen-bond donors (Lipinski definition) is 2. The number of carbonyl (C=O) groups excluding carboxylic acids is 1. The number of hydrogen-bond acceptors (Lipinski definition) is 6. The number of allylic oxidation sites excluding steroid dienone is 2. The van der Waals surface area contributed by atoms with Gasteiger partial charge in [0, 0.05) is 37.9 Å². The topological polar surface area (TPSA) is 84.8 Å². The summed E-state index contributed by atoms with van der Waals surface area (Å²) in [6.45, 7) is 14.2. The number of aliphatic imine (C=N–C) groups is 2. The number of benzene rings is 2. The van der Waals surface area contributed by atoms with Crippen LogP contribution >= 0.6 is 0 Å². The van der Waals surface area contributed by atoms with Gasteiger partial charge in [0.15, 0.2) is 0 Å². The minimum Gasteiger partial charge on any atom is -0.457 e. The van der Waals surface area contributed by atoms with Crippen molar-refractivity contribution in [3.8, 4) is 11.5 Å². The molecule has 1 saturated heterocycles. The number of anilines is 1. The molecule has 222 valence electrons. The maximum absolute atomic E-state index is 11.7. The average molecular weight is 570 g/mol. The maximum Gasteiger partial charge on any atom is 0.247 e. The van der Waals surface area contributed by atoms with Crippen molar-refractivity contribution in [3.05, 3.63) is 90.8 Å². The van der Waals surface area contributed by atoms with Crippen LogP contribution in [0, 0.1) is 5.92 Å². The first-order valence-electron chi connectivity index (χ1n) is 14.4. The summed E-state index contributed by atoms with van der Waals surface area (Å²) in [4.78, 5) is 28.2. The van der Waals surface area contributed by atoms with Crippen LogP contribution in [0.15, 0.2) is 95.2 Å². The number of carbonyl (C=O) groups is 1. The Labute approximate surface area is 250 Å². The van der Waals surface area contributed by atoms with Crippen molar-refractivity contribution in [2.45, 2.75) is 39.3 Å². The van der Waals surface area contributed by atoms with Crippen molar-refractivity contribution in [2.24, 2.45) is 15.9 Å². The highest BCUT2D eigenvalue weighted by Crippen LogP contribution is 2.26. The predicted molar refractivity (Wildman–Crippen MR) is 172 cm³/mol. The molecular formula is C33H43N7O2. The Bertz CT molecular complexity index is 1380. The van der Waals surface area contributed by atoms with Gasteiger partial charge >= 0.3 is 0 Å². The number of rotatable bonds is 9. The Morgan fingerprint density at radius 1 is 1.14 bits per heavy atom. The Hall–Kier alpha value is -4.37. The largest absolute Gasteiger partial charge is 0.457 e. The van der Waals surface area contributed by atoms with E-state index in [2.05, 4.69) is 61.5 Å². The molecule has 2 aromatic rings. The molecule has 2 aliphatic heterocycles. The molecule has 9 nitrogen and oxygen atoms in total. The van der Waals surface area contributed by atoms with E-state index in [1.165, 1.54) is 6.08 Å². The van der Waals surface area contributed by atoms with Gasteiger partial charge in [0.2, 0.25) is 17.8 Å². The van der Waals surface area contributed by atoms with E-state index in [-0.39, 0.29) is 11.8 Å². The molecule has 9 heteroatoms. The zero-order valence-corrected chi connectivity index (χ0v) is 25.4. The fourth-order valence-electron chi connectivity index (χ4n) is 5.08. The van der Waals surface area contributed by atoms with E-state index in [4.69, 9.17) is 14.7 Å². The lowest BCUT2D eigenvalue weighted by molar-refractivity contribution is -0.111. The molecule has 2 aromatic carbocycles. The van der Waals surface area contributed by atoms with E-state index in [1.807, 2.05) is 54.4 Å². The van der Waals surface area contributed by atoms with Crippen molar-refractivity contribution in [2.75, 3.05) is 39.5 Å². The summed E-state index contributed by atoms with van der Waals surface area (Å²) in [7, 11) is 6.29. The summed E-state index contributed by atoms with van der Waals surface area (Å²) >= 11 is 0. The Morgan fingerprint density at radius 2 is 1.83 bits per heavy atom. The third-order valence-electron chi connectivity index (χ3n) is 7.51. The summed E-state index contributed by atoms with van der Waals surface area (Å²) in [5.41, 5.74) is 2.74. The van der Waals surface area contributed by atoms with Gasteiger partial charge in [-0.3, -0.25) is 9.69 Å². The fourth-order valence-corrected chi connectivity index (χ4v) is 5.08. The number of nitrogens with zero attached hydrogens (tertiary/aromatic N) is 5. The number of likely N-dealkylation sites (tertiary alicyclic amines) is 1. The second kappa shape index (κ2) is 14.0. The van der Waals surface area contributed by atoms with Crippen LogP contribution in [-0.2, 0) is 11.3 Å². The molecule has 0 aromatic heterocycles. The van der Waals surface area contributed by atoms with E-state index in [9.17, 15) is 4.79 Å².